The number of rotatable bonds is 7. The molecule has 4 nitrogen and oxygen atoms in total. The molecular formula is C15H19N3OS2. The standard InChI is InChI=1S/C15H19N3OS2/c1-3-4-10-13-17-18-15(21-13)16-14(19)11(2)20-12-8-6-5-7-9-12/h5-9,11H,3-4,10H2,1-2H3,(H,16,18,19). The predicted molar refractivity (Wildman–Crippen MR) is 88.9 cm³/mol. The zero-order valence-electron chi connectivity index (χ0n) is 12.2. The van der Waals surface area contributed by atoms with Gasteiger partial charge in [0.1, 0.15) is 5.01 Å². The average Bonchev–Trinajstić information content (AvgIpc) is 2.93. The fraction of sp³-hybridized carbons (Fsp3) is 0.400. The largest absolute Gasteiger partial charge is 0.300 e. The van der Waals surface area contributed by atoms with Gasteiger partial charge >= 0.3 is 0 Å². The number of nitrogens with zero attached hydrogens (tertiary/aromatic N) is 2. The minimum absolute atomic E-state index is 0.0398. The molecule has 2 aromatic rings. The van der Waals surface area contributed by atoms with E-state index >= 15 is 0 Å². The van der Waals surface area contributed by atoms with E-state index in [1.165, 1.54) is 23.1 Å². The van der Waals surface area contributed by atoms with Crippen LogP contribution in [0.15, 0.2) is 35.2 Å². The Morgan fingerprint density at radius 2 is 2.10 bits per heavy atom. The van der Waals surface area contributed by atoms with Gasteiger partial charge in [0.2, 0.25) is 11.0 Å². The van der Waals surface area contributed by atoms with E-state index in [0.717, 1.165) is 29.2 Å². The van der Waals surface area contributed by atoms with Crippen molar-refractivity contribution in [3.63, 3.8) is 0 Å². The smallest absolute Gasteiger partial charge is 0.239 e. The van der Waals surface area contributed by atoms with Gasteiger partial charge in [0.15, 0.2) is 0 Å². The van der Waals surface area contributed by atoms with Crippen LogP contribution in [-0.4, -0.2) is 21.4 Å². The lowest BCUT2D eigenvalue weighted by Gasteiger charge is -2.09. The first-order chi connectivity index (χ1) is 10.2. The number of amides is 1. The van der Waals surface area contributed by atoms with Crippen LogP contribution in [-0.2, 0) is 11.2 Å². The second-order valence-electron chi connectivity index (χ2n) is 4.67. The maximum absolute atomic E-state index is 12.1. The fourth-order valence-corrected chi connectivity index (χ4v) is 3.37. The van der Waals surface area contributed by atoms with Crippen molar-refractivity contribution in [2.45, 2.75) is 43.3 Å². The Morgan fingerprint density at radius 1 is 1.33 bits per heavy atom. The van der Waals surface area contributed by atoms with E-state index in [9.17, 15) is 4.79 Å². The molecule has 0 spiro atoms. The van der Waals surface area contributed by atoms with Crippen molar-refractivity contribution in [2.24, 2.45) is 0 Å². The molecule has 1 atom stereocenters. The third kappa shape index (κ3) is 5.13. The van der Waals surface area contributed by atoms with Crippen LogP contribution in [0.5, 0.6) is 0 Å². The van der Waals surface area contributed by atoms with E-state index < -0.39 is 0 Å². The zero-order chi connectivity index (χ0) is 15.1. The molecule has 0 aliphatic rings. The van der Waals surface area contributed by atoms with Crippen molar-refractivity contribution in [1.82, 2.24) is 10.2 Å². The molecule has 112 valence electrons. The van der Waals surface area contributed by atoms with Crippen LogP contribution >= 0.6 is 23.1 Å². The van der Waals surface area contributed by atoms with Crippen molar-refractivity contribution >= 4 is 34.1 Å². The fourth-order valence-electron chi connectivity index (χ4n) is 1.70. The van der Waals surface area contributed by atoms with E-state index in [1.54, 1.807) is 0 Å². The molecule has 1 aromatic carbocycles. The summed E-state index contributed by atoms with van der Waals surface area (Å²) in [5, 5.41) is 12.4. The molecule has 2 rings (SSSR count). The van der Waals surface area contributed by atoms with E-state index in [-0.39, 0.29) is 11.2 Å². The highest BCUT2D eigenvalue weighted by Crippen LogP contribution is 2.24. The minimum atomic E-state index is -0.171. The highest BCUT2D eigenvalue weighted by molar-refractivity contribution is 8.00. The summed E-state index contributed by atoms with van der Waals surface area (Å²) >= 11 is 3.00. The van der Waals surface area contributed by atoms with Crippen LogP contribution in [0.3, 0.4) is 0 Å². The summed E-state index contributed by atoms with van der Waals surface area (Å²) in [6.07, 6.45) is 3.16. The Balaban J connectivity index is 1.87. The summed E-state index contributed by atoms with van der Waals surface area (Å²) in [6, 6.07) is 9.91. The number of anilines is 1. The van der Waals surface area contributed by atoms with Crippen LogP contribution in [0.4, 0.5) is 5.13 Å². The van der Waals surface area contributed by atoms with E-state index in [4.69, 9.17) is 0 Å². The van der Waals surface area contributed by atoms with Gasteiger partial charge in [0.05, 0.1) is 5.25 Å². The zero-order valence-corrected chi connectivity index (χ0v) is 13.8. The molecule has 0 aliphatic heterocycles. The topological polar surface area (TPSA) is 54.9 Å². The number of benzene rings is 1. The molecule has 1 heterocycles. The molecule has 21 heavy (non-hydrogen) atoms. The molecule has 0 saturated carbocycles. The maximum Gasteiger partial charge on any atom is 0.239 e. The third-order valence-electron chi connectivity index (χ3n) is 2.87. The second kappa shape index (κ2) is 8.14. The van der Waals surface area contributed by atoms with Gasteiger partial charge in [-0.2, -0.15) is 0 Å². The minimum Gasteiger partial charge on any atom is -0.300 e. The van der Waals surface area contributed by atoms with Crippen molar-refractivity contribution in [3.05, 3.63) is 35.3 Å². The quantitative estimate of drug-likeness (QED) is 0.783. The molecule has 0 aliphatic carbocycles. The average molecular weight is 321 g/mol. The molecule has 1 unspecified atom stereocenters. The molecule has 0 radical (unpaired) electrons. The van der Waals surface area contributed by atoms with Crippen LogP contribution in [0.2, 0.25) is 0 Å². The molecule has 0 fully saturated rings. The van der Waals surface area contributed by atoms with Crippen molar-refractivity contribution in [2.75, 3.05) is 5.32 Å². The number of nitrogens with one attached hydrogen (secondary N) is 1. The number of carbonyl (C=O) groups is 1. The molecular weight excluding hydrogens is 302 g/mol. The number of hydrogen-bond acceptors (Lipinski definition) is 5. The van der Waals surface area contributed by atoms with Gasteiger partial charge in [0.25, 0.3) is 0 Å². The van der Waals surface area contributed by atoms with Crippen LogP contribution in [0.25, 0.3) is 0 Å². The molecule has 1 aromatic heterocycles. The van der Waals surface area contributed by atoms with Gasteiger partial charge in [-0.1, -0.05) is 42.9 Å². The van der Waals surface area contributed by atoms with Gasteiger partial charge in [-0.25, -0.2) is 0 Å². The van der Waals surface area contributed by atoms with Gasteiger partial charge < -0.3 is 0 Å². The van der Waals surface area contributed by atoms with Crippen molar-refractivity contribution in [3.8, 4) is 0 Å². The van der Waals surface area contributed by atoms with E-state index in [2.05, 4.69) is 22.4 Å². The number of thioether (sulfide) groups is 1. The number of aromatic nitrogens is 2. The molecule has 0 saturated heterocycles. The highest BCUT2D eigenvalue weighted by Gasteiger charge is 2.16. The summed E-state index contributed by atoms with van der Waals surface area (Å²) in [5.41, 5.74) is 0. The predicted octanol–water partition coefficient (Wildman–Crippen LogP) is 4.00. The van der Waals surface area contributed by atoms with Crippen LogP contribution in [0.1, 0.15) is 31.7 Å². The summed E-state index contributed by atoms with van der Waals surface area (Å²) in [7, 11) is 0. The van der Waals surface area contributed by atoms with Crippen molar-refractivity contribution < 1.29 is 4.79 Å². The monoisotopic (exact) mass is 321 g/mol. The normalized spacial score (nSPS) is 12.1. The number of unbranched alkanes of at least 4 members (excludes halogenated alkanes) is 1. The van der Waals surface area contributed by atoms with E-state index in [0.29, 0.717) is 5.13 Å². The SMILES string of the molecule is CCCCc1nnc(NC(=O)C(C)Sc2ccccc2)s1. The van der Waals surface area contributed by atoms with Gasteiger partial charge in [-0.05, 0) is 25.5 Å². The van der Waals surface area contributed by atoms with Crippen LogP contribution < -0.4 is 5.32 Å². The van der Waals surface area contributed by atoms with Crippen molar-refractivity contribution in [1.29, 1.82) is 0 Å². The Labute approximate surface area is 133 Å². The summed E-state index contributed by atoms with van der Waals surface area (Å²) < 4.78 is 0. The third-order valence-corrected chi connectivity index (χ3v) is 4.88. The Morgan fingerprint density at radius 3 is 2.81 bits per heavy atom. The highest BCUT2D eigenvalue weighted by atomic mass is 32.2. The Hall–Kier alpha value is -1.40. The lowest BCUT2D eigenvalue weighted by molar-refractivity contribution is -0.115. The number of carbonyl (C=O) groups excluding carboxylic acids is 1. The first-order valence-electron chi connectivity index (χ1n) is 7.04. The number of aryl methyl sites for hydroxylation is 1. The summed E-state index contributed by atoms with van der Waals surface area (Å²) in [5.74, 6) is -0.0398. The maximum atomic E-state index is 12.1. The van der Waals surface area contributed by atoms with Gasteiger partial charge in [-0.3, -0.25) is 10.1 Å². The van der Waals surface area contributed by atoms with Gasteiger partial charge in [-0.15, -0.1) is 22.0 Å². The Bertz CT molecular complexity index is 571. The lowest BCUT2D eigenvalue weighted by Crippen LogP contribution is -2.22. The van der Waals surface area contributed by atoms with Gasteiger partial charge in [0, 0.05) is 11.3 Å². The van der Waals surface area contributed by atoms with E-state index in [1.807, 2.05) is 37.3 Å². The summed E-state index contributed by atoms with van der Waals surface area (Å²) in [6.45, 7) is 4.04. The Kier molecular flexibility index (Phi) is 6.20. The second-order valence-corrected chi connectivity index (χ2v) is 7.14. The first-order valence-corrected chi connectivity index (χ1v) is 8.73. The molecule has 0 bridgehead atoms. The summed E-state index contributed by atoms with van der Waals surface area (Å²) in [4.78, 5) is 13.2. The molecule has 6 heteroatoms. The molecule has 1 amide bonds. The van der Waals surface area contributed by atoms with Crippen LogP contribution in [0, 0.1) is 0 Å². The molecule has 1 N–H and O–H groups in total. The lowest BCUT2D eigenvalue weighted by atomic mass is 10.3. The first kappa shape index (κ1) is 16.0. The number of hydrogen-bond donors (Lipinski definition) is 1.